The first-order valence-electron chi connectivity index (χ1n) is 10.0. The van der Waals surface area contributed by atoms with E-state index in [1.807, 2.05) is 18.2 Å². The summed E-state index contributed by atoms with van der Waals surface area (Å²) in [6.07, 6.45) is 0. The minimum atomic E-state index is -0.198. The molecular weight excluding hydrogens is 493 g/mol. The number of para-hydroxylation sites is 1. The zero-order valence-electron chi connectivity index (χ0n) is 18.1. The summed E-state index contributed by atoms with van der Waals surface area (Å²) in [5.41, 5.74) is 0.743. The van der Waals surface area contributed by atoms with Crippen LogP contribution < -0.4 is 14.4 Å². The molecule has 0 saturated carbocycles. The number of methoxy groups -OCH3 is 1. The average Bonchev–Trinajstić information content (AvgIpc) is 3.20. The maximum atomic E-state index is 13.2. The number of hydrogen-bond acceptors (Lipinski definition) is 6. The van der Waals surface area contributed by atoms with Gasteiger partial charge in [0.2, 0.25) is 0 Å². The Morgan fingerprint density at radius 3 is 2.50 bits per heavy atom. The maximum absolute atomic E-state index is 13.2. The van der Waals surface area contributed by atoms with Crippen LogP contribution in [0.25, 0.3) is 10.2 Å². The summed E-state index contributed by atoms with van der Waals surface area (Å²) in [7, 11) is 1.61. The van der Waals surface area contributed by atoms with Gasteiger partial charge in [-0.3, -0.25) is 9.69 Å². The van der Waals surface area contributed by atoms with Crippen LogP contribution in [0.3, 0.4) is 0 Å². The van der Waals surface area contributed by atoms with Crippen LogP contribution in [0.5, 0.6) is 11.5 Å². The van der Waals surface area contributed by atoms with Crippen LogP contribution in [0.1, 0.15) is 13.8 Å². The minimum Gasteiger partial charge on any atom is -0.494 e. The first-order chi connectivity index (χ1) is 15.0. The van der Waals surface area contributed by atoms with E-state index in [2.05, 4.69) is 18.7 Å². The van der Waals surface area contributed by atoms with Crippen LogP contribution >= 0.6 is 46.9 Å². The van der Waals surface area contributed by atoms with Gasteiger partial charge in [0, 0.05) is 18.1 Å². The summed E-state index contributed by atoms with van der Waals surface area (Å²) in [5.74, 6) is 0.894. The van der Waals surface area contributed by atoms with E-state index in [9.17, 15) is 4.79 Å². The third-order valence-electron chi connectivity index (χ3n) is 4.90. The lowest BCUT2D eigenvalue weighted by Crippen LogP contribution is -2.41. The monoisotopic (exact) mass is 517 g/mol. The van der Waals surface area contributed by atoms with Crippen LogP contribution in [-0.2, 0) is 4.79 Å². The van der Waals surface area contributed by atoms with Gasteiger partial charge in [-0.1, -0.05) is 54.5 Å². The SMILES string of the molecule is CCN(CC)CCN(C(=O)COc1ccc(Cl)cc1Cl)c1nc2c(OC)cccc2s1.Cl. The number of amides is 1. The molecule has 0 atom stereocenters. The topological polar surface area (TPSA) is 54.9 Å². The van der Waals surface area contributed by atoms with Gasteiger partial charge in [0.05, 0.1) is 16.8 Å². The van der Waals surface area contributed by atoms with Gasteiger partial charge in [0.15, 0.2) is 11.7 Å². The molecule has 2 aromatic carbocycles. The van der Waals surface area contributed by atoms with Gasteiger partial charge < -0.3 is 14.4 Å². The molecule has 0 aliphatic heterocycles. The van der Waals surface area contributed by atoms with Gasteiger partial charge in [-0.25, -0.2) is 4.98 Å². The molecule has 0 radical (unpaired) electrons. The lowest BCUT2D eigenvalue weighted by molar-refractivity contribution is -0.120. The second-order valence-electron chi connectivity index (χ2n) is 6.74. The maximum Gasteiger partial charge on any atom is 0.266 e. The second-order valence-corrected chi connectivity index (χ2v) is 8.59. The summed E-state index contributed by atoms with van der Waals surface area (Å²) in [5, 5.41) is 1.48. The smallest absolute Gasteiger partial charge is 0.266 e. The highest BCUT2D eigenvalue weighted by molar-refractivity contribution is 7.22. The number of thiazole rings is 1. The third kappa shape index (κ3) is 6.39. The Balaban J connectivity index is 0.00000363. The van der Waals surface area contributed by atoms with E-state index in [0.717, 1.165) is 29.9 Å². The Labute approximate surface area is 208 Å². The molecule has 0 spiro atoms. The summed E-state index contributed by atoms with van der Waals surface area (Å²) < 4.78 is 12.1. The van der Waals surface area contributed by atoms with Crippen LogP contribution in [-0.4, -0.2) is 55.7 Å². The quantitative estimate of drug-likeness (QED) is 0.340. The predicted octanol–water partition coefficient (Wildman–Crippen LogP) is 5.79. The fourth-order valence-corrected chi connectivity index (χ4v) is 4.60. The van der Waals surface area contributed by atoms with Crippen molar-refractivity contribution in [3.05, 3.63) is 46.4 Å². The minimum absolute atomic E-state index is 0. The van der Waals surface area contributed by atoms with Crippen molar-refractivity contribution in [1.82, 2.24) is 9.88 Å². The summed E-state index contributed by atoms with van der Waals surface area (Å²) in [6.45, 7) is 7.08. The molecule has 1 amide bonds. The van der Waals surface area contributed by atoms with Gasteiger partial charge in [0.25, 0.3) is 5.91 Å². The number of carbonyl (C=O) groups is 1. The number of aromatic nitrogens is 1. The molecule has 0 unspecified atom stereocenters. The Morgan fingerprint density at radius 2 is 1.84 bits per heavy atom. The fraction of sp³-hybridized carbons (Fsp3) is 0.364. The molecular formula is C22H26Cl3N3O3S. The molecule has 0 fully saturated rings. The van der Waals surface area contributed by atoms with Crippen molar-refractivity contribution in [2.75, 3.05) is 44.8 Å². The Kier molecular flexibility index (Phi) is 10.3. The van der Waals surface area contributed by atoms with Crippen molar-refractivity contribution < 1.29 is 14.3 Å². The number of nitrogens with zero attached hydrogens (tertiary/aromatic N) is 3. The van der Waals surface area contributed by atoms with Gasteiger partial charge in [-0.2, -0.15) is 0 Å². The van der Waals surface area contributed by atoms with Crippen molar-refractivity contribution in [1.29, 1.82) is 0 Å². The molecule has 3 rings (SSSR count). The molecule has 174 valence electrons. The standard InChI is InChI=1S/C22H25Cl2N3O3S.ClH/c1-4-26(5-2)11-12-27(20(28)14-30-17-10-9-15(23)13-16(17)24)22-25-21-18(29-3)7-6-8-19(21)31-22;/h6-10,13H,4-5,11-12,14H2,1-3H3;1H. The highest BCUT2D eigenvalue weighted by Gasteiger charge is 2.22. The fourth-order valence-electron chi connectivity index (χ4n) is 3.11. The summed E-state index contributed by atoms with van der Waals surface area (Å²) in [4.78, 5) is 21.8. The zero-order chi connectivity index (χ0) is 22.4. The second kappa shape index (κ2) is 12.5. The zero-order valence-corrected chi connectivity index (χ0v) is 21.3. The van der Waals surface area contributed by atoms with E-state index < -0.39 is 0 Å². The molecule has 0 aliphatic carbocycles. The lowest BCUT2D eigenvalue weighted by atomic mass is 10.3. The predicted molar refractivity (Wildman–Crippen MR) is 136 cm³/mol. The molecule has 0 N–H and O–H groups in total. The number of hydrogen-bond donors (Lipinski definition) is 0. The van der Waals surface area contributed by atoms with Crippen LogP contribution in [0.15, 0.2) is 36.4 Å². The molecule has 32 heavy (non-hydrogen) atoms. The highest BCUT2D eigenvalue weighted by atomic mass is 35.5. The molecule has 10 heteroatoms. The van der Waals surface area contributed by atoms with Gasteiger partial charge in [-0.05, 0) is 43.4 Å². The summed E-state index contributed by atoms with van der Waals surface area (Å²) >= 11 is 13.6. The normalized spacial score (nSPS) is 10.8. The van der Waals surface area contributed by atoms with E-state index in [4.69, 9.17) is 37.7 Å². The largest absolute Gasteiger partial charge is 0.494 e. The summed E-state index contributed by atoms with van der Waals surface area (Å²) in [6, 6.07) is 10.7. The first-order valence-corrected chi connectivity index (χ1v) is 11.6. The van der Waals surface area contributed by atoms with Crippen molar-refractivity contribution in [2.45, 2.75) is 13.8 Å². The number of benzene rings is 2. The molecule has 3 aromatic rings. The highest BCUT2D eigenvalue weighted by Crippen LogP contribution is 2.34. The molecule has 0 saturated heterocycles. The Hall–Kier alpha value is -1.77. The van der Waals surface area contributed by atoms with E-state index in [1.165, 1.54) is 11.3 Å². The Morgan fingerprint density at radius 1 is 1.09 bits per heavy atom. The number of halogens is 3. The van der Waals surface area contributed by atoms with E-state index >= 15 is 0 Å². The van der Waals surface area contributed by atoms with Gasteiger partial charge in [-0.15, -0.1) is 12.4 Å². The van der Waals surface area contributed by atoms with Crippen molar-refractivity contribution >= 4 is 68.2 Å². The lowest BCUT2D eigenvalue weighted by Gasteiger charge is -2.24. The van der Waals surface area contributed by atoms with Crippen LogP contribution in [0.4, 0.5) is 5.13 Å². The van der Waals surface area contributed by atoms with Crippen molar-refractivity contribution in [3.63, 3.8) is 0 Å². The number of fused-ring (bicyclic) bond motifs is 1. The number of carbonyl (C=O) groups excluding carboxylic acids is 1. The Bertz CT molecular complexity index is 1040. The number of ether oxygens (including phenoxy) is 2. The molecule has 1 heterocycles. The molecule has 0 bridgehead atoms. The first kappa shape index (κ1) is 26.5. The third-order valence-corrected chi connectivity index (χ3v) is 6.48. The van der Waals surface area contributed by atoms with Crippen molar-refractivity contribution in [2.24, 2.45) is 0 Å². The average molecular weight is 519 g/mol. The van der Waals surface area contributed by atoms with E-state index in [1.54, 1.807) is 30.2 Å². The molecule has 1 aromatic heterocycles. The number of likely N-dealkylation sites (N-methyl/N-ethyl adjacent to an activating group) is 1. The van der Waals surface area contributed by atoms with E-state index in [-0.39, 0.29) is 24.9 Å². The van der Waals surface area contributed by atoms with Gasteiger partial charge in [0.1, 0.15) is 17.0 Å². The van der Waals surface area contributed by atoms with E-state index in [0.29, 0.717) is 33.2 Å². The van der Waals surface area contributed by atoms with Crippen LogP contribution in [0.2, 0.25) is 10.0 Å². The van der Waals surface area contributed by atoms with Crippen molar-refractivity contribution in [3.8, 4) is 11.5 Å². The van der Waals surface area contributed by atoms with Gasteiger partial charge >= 0.3 is 0 Å². The molecule has 0 aliphatic rings. The van der Waals surface area contributed by atoms with Crippen LogP contribution in [0, 0.1) is 0 Å². The number of rotatable bonds is 10. The molecule has 6 nitrogen and oxygen atoms in total. The number of anilines is 1.